The van der Waals surface area contributed by atoms with Crippen molar-refractivity contribution in [2.75, 3.05) is 38.2 Å². The molecule has 6 atom stereocenters. The highest BCUT2D eigenvalue weighted by molar-refractivity contribution is 9.09. The first kappa shape index (κ1) is 26.6. The van der Waals surface area contributed by atoms with E-state index in [0.29, 0.717) is 13.0 Å². The van der Waals surface area contributed by atoms with Crippen LogP contribution in [-0.2, 0) is 19.1 Å². The van der Waals surface area contributed by atoms with E-state index in [1.54, 1.807) is 24.1 Å². The number of hydrogen-bond donors (Lipinski definition) is 1. The Bertz CT molecular complexity index is 1090. The van der Waals surface area contributed by atoms with Crippen molar-refractivity contribution in [3.8, 4) is 0 Å². The predicted molar refractivity (Wildman–Crippen MR) is 141 cm³/mol. The molecule has 194 valence electrons. The molecule has 36 heavy (non-hydrogen) atoms. The smallest absolute Gasteiger partial charge is 0.253 e. The molecule has 3 unspecified atom stereocenters. The molecule has 1 aromatic rings. The Balaban J connectivity index is 1.81. The Morgan fingerprint density at radius 3 is 2.58 bits per heavy atom. The number of β-amino-alcohol motifs (C(OH)–C–C–N with tert-alkyl or cyclic N) is 1. The zero-order valence-corrected chi connectivity index (χ0v) is 22.6. The van der Waals surface area contributed by atoms with Crippen molar-refractivity contribution in [2.45, 2.75) is 42.8 Å². The minimum Gasteiger partial charge on any atom is -0.395 e. The minimum absolute atomic E-state index is 0.0212. The molecule has 2 bridgehead atoms. The molecule has 1 aromatic carbocycles. The lowest BCUT2D eigenvalue weighted by atomic mass is 9.70. The predicted octanol–water partition coefficient (Wildman–Crippen LogP) is 2.21. The van der Waals surface area contributed by atoms with E-state index in [0.717, 1.165) is 16.8 Å². The SMILES string of the molecule is C=CCN(C)C(=O)[C@H]1[C@H]2C(=O)N(CCO)C(C(=O)N(CC=C)c3cc(C)ccc3C)C23CC(Br)[C@@H]1O3. The fourth-order valence-electron chi connectivity index (χ4n) is 6.17. The third kappa shape index (κ3) is 4.01. The number of aliphatic hydroxyl groups is 1. The van der Waals surface area contributed by atoms with Crippen LogP contribution in [0.15, 0.2) is 43.5 Å². The lowest BCUT2D eigenvalue weighted by molar-refractivity contribution is -0.144. The third-order valence-electron chi connectivity index (χ3n) is 7.66. The number of aliphatic hydroxyl groups excluding tert-OH is 1. The second kappa shape index (κ2) is 10.1. The van der Waals surface area contributed by atoms with E-state index in [1.165, 1.54) is 9.80 Å². The maximum Gasteiger partial charge on any atom is 0.253 e. The summed E-state index contributed by atoms with van der Waals surface area (Å²) >= 11 is 3.68. The summed E-state index contributed by atoms with van der Waals surface area (Å²) in [4.78, 5) is 46.1. The Labute approximate surface area is 220 Å². The van der Waals surface area contributed by atoms with E-state index >= 15 is 0 Å². The number of fused-ring (bicyclic) bond motifs is 1. The van der Waals surface area contributed by atoms with Crippen LogP contribution in [0.3, 0.4) is 0 Å². The number of carbonyl (C=O) groups excluding carboxylic acids is 3. The number of carbonyl (C=O) groups is 3. The largest absolute Gasteiger partial charge is 0.395 e. The number of nitrogens with zero attached hydrogens (tertiary/aromatic N) is 3. The number of amides is 3. The topological polar surface area (TPSA) is 90.4 Å². The van der Waals surface area contributed by atoms with E-state index < -0.39 is 29.6 Å². The monoisotopic (exact) mass is 559 g/mol. The Hall–Kier alpha value is -2.49. The van der Waals surface area contributed by atoms with Gasteiger partial charge in [0.15, 0.2) is 0 Å². The molecule has 0 aliphatic carbocycles. The maximum atomic E-state index is 14.4. The molecule has 3 aliphatic heterocycles. The summed E-state index contributed by atoms with van der Waals surface area (Å²) in [6, 6.07) is 4.90. The van der Waals surface area contributed by atoms with Crippen LogP contribution in [0.4, 0.5) is 5.69 Å². The molecule has 3 fully saturated rings. The average molecular weight is 560 g/mol. The quantitative estimate of drug-likeness (QED) is 0.370. The fourth-order valence-corrected chi connectivity index (χ4v) is 7.11. The molecule has 3 heterocycles. The first-order chi connectivity index (χ1) is 17.1. The number of alkyl halides is 1. The molecule has 8 nitrogen and oxygen atoms in total. The molecule has 0 aromatic heterocycles. The number of anilines is 1. The Kier molecular flexibility index (Phi) is 7.46. The van der Waals surface area contributed by atoms with Crippen molar-refractivity contribution in [1.82, 2.24) is 9.80 Å². The van der Waals surface area contributed by atoms with Crippen LogP contribution in [-0.4, -0.2) is 88.5 Å². The van der Waals surface area contributed by atoms with Crippen LogP contribution in [0.5, 0.6) is 0 Å². The number of aryl methyl sites for hydroxylation is 2. The molecule has 0 saturated carbocycles. The van der Waals surface area contributed by atoms with Crippen LogP contribution in [0.2, 0.25) is 0 Å². The number of benzene rings is 1. The highest BCUT2D eigenvalue weighted by Gasteiger charge is 2.76. The average Bonchev–Trinajstić information content (AvgIpc) is 3.42. The maximum absolute atomic E-state index is 14.4. The molecule has 1 N–H and O–H groups in total. The number of rotatable bonds is 9. The molecule has 3 saturated heterocycles. The van der Waals surface area contributed by atoms with Gasteiger partial charge in [-0.3, -0.25) is 14.4 Å². The summed E-state index contributed by atoms with van der Waals surface area (Å²) in [5.74, 6) is -2.37. The van der Waals surface area contributed by atoms with Crippen LogP contribution in [0.25, 0.3) is 0 Å². The highest BCUT2D eigenvalue weighted by Crippen LogP contribution is 2.60. The van der Waals surface area contributed by atoms with Gasteiger partial charge in [-0.05, 0) is 37.5 Å². The van der Waals surface area contributed by atoms with Gasteiger partial charge in [0.25, 0.3) is 5.91 Å². The number of hydrogen-bond acceptors (Lipinski definition) is 5. The summed E-state index contributed by atoms with van der Waals surface area (Å²) < 4.78 is 6.52. The van der Waals surface area contributed by atoms with Gasteiger partial charge in [-0.2, -0.15) is 0 Å². The van der Waals surface area contributed by atoms with Gasteiger partial charge < -0.3 is 24.5 Å². The van der Waals surface area contributed by atoms with Crippen molar-refractivity contribution in [3.63, 3.8) is 0 Å². The van der Waals surface area contributed by atoms with Crippen LogP contribution in [0.1, 0.15) is 17.5 Å². The normalized spacial score (nSPS) is 30.3. The van der Waals surface area contributed by atoms with Gasteiger partial charge in [-0.1, -0.05) is 40.2 Å². The first-order valence-electron chi connectivity index (χ1n) is 12.2. The van der Waals surface area contributed by atoms with Crippen LogP contribution < -0.4 is 4.90 Å². The van der Waals surface area contributed by atoms with Crippen molar-refractivity contribution >= 4 is 39.3 Å². The molecule has 3 aliphatic rings. The molecule has 0 radical (unpaired) electrons. The van der Waals surface area contributed by atoms with Gasteiger partial charge in [-0.15, -0.1) is 13.2 Å². The summed E-state index contributed by atoms with van der Waals surface area (Å²) in [7, 11) is 1.67. The van der Waals surface area contributed by atoms with Gasteiger partial charge in [0.1, 0.15) is 11.6 Å². The first-order valence-corrected chi connectivity index (χ1v) is 13.1. The van der Waals surface area contributed by atoms with Crippen LogP contribution >= 0.6 is 15.9 Å². The molecule has 1 spiro atoms. The van der Waals surface area contributed by atoms with Gasteiger partial charge in [0.2, 0.25) is 11.8 Å². The van der Waals surface area contributed by atoms with E-state index in [9.17, 15) is 19.5 Å². The van der Waals surface area contributed by atoms with E-state index in [-0.39, 0.29) is 42.2 Å². The lowest BCUT2D eigenvalue weighted by Crippen LogP contribution is -2.57. The van der Waals surface area contributed by atoms with Gasteiger partial charge in [0, 0.05) is 37.2 Å². The van der Waals surface area contributed by atoms with Crippen molar-refractivity contribution in [1.29, 1.82) is 0 Å². The fraction of sp³-hybridized carbons (Fsp3) is 0.519. The zero-order valence-electron chi connectivity index (χ0n) is 21.0. The van der Waals surface area contributed by atoms with Crippen LogP contribution in [0, 0.1) is 25.7 Å². The summed E-state index contributed by atoms with van der Waals surface area (Å²) in [5.41, 5.74) is 1.47. The Morgan fingerprint density at radius 2 is 1.94 bits per heavy atom. The summed E-state index contributed by atoms with van der Waals surface area (Å²) in [6.45, 7) is 11.7. The van der Waals surface area contributed by atoms with E-state index in [4.69, 9.17) is 4.74 Å². The second-order valence-corrected chi connectivity index (χ2v) is 11.1. The third-order valence-corrected chi connectivity index (χ3v) is 8.51. The van der Waals surface area contributed by atoms with Crippen molar-refractivity contribution in [3.05, 3.63) is 54.6 Å². The van der Waals surface area contributed by atoms with E-state index in [1.807, 2.05) is 32.0 Å². The summed E-state index contributed by atoms with van der Waals surface area (Å²) in [5, 5.41) is 9.83. The van der Waals surface area contributed by atoms with Gasteiger partial charge in [0.05, 0.1) is 24.5 Å². The number of ether oxygens (including phenoxy) is 1. The minimum atomic E-state index is -1.17. The van der Waals surface area contributed by atoms with Gasteiger partial charge >= 0.3 is 0 Å². The number of likely N-dealkylation sites (N-methyl/N-ethyl adjacent to an activating group) is 1. The molecular formula is C27H34BrN3O5. The molecule has 9 heteroatoms. The molecule has 3 amide bonds. The van der Waals surface area contributed by atoms with Crippen molar-refractivity contribution < 1.29 is 24.2 Å². The number of likely N-dealkylation sites (tertiary alicyclic amines) is 1. The molecule has 4 rings (SSSR count). The standard InChI is InChI=1S/C27H34BrN3O5/c1-6-10-29(5)24(33)20-21-25(34)31(12-13-32)23(27(21)15-18(28)22(20)36-27)26(35)30(11-7-2)19-14-16(3)8-9-17(19)4/h6-9,14,18,20-23,32H,1-2,10-13,15H2,3-5H3/t18?,20-,21-,22-,23?,27?/m0/s1. The van der Waals surface area contributed by atoms with Crippen molar-refractivity contribution in [2.24, 2.45) is 11.8 Å². The lowest BCUT2D eigenvalue weighted by Gasteiger charge is -2.37. The summed E-state index contributed by atoms with van der Waals surface area (Å²) in [6.07, 6.45) is 3.17. The highest BCUT2D eigenvalue weighted by atomic mass is 79.9. The van der Waals surface area contributed by atoms with E-state index in [2.05, 4.69) is 29.1 Å². The number of halogens is 1. The molecular weight excluding hydrogens is 526 g/mol. The zero-order chi connectivity index (χ0) is 26.4. The second-order valence-electron chi connectivity index (χ2n) is 9.95. The van der Waals surface area contributed by atoms with Gasteiger partial charge in [-0.25, -0.2) is 0 Å². The Morgan fingerprint density at radius 1 is 1.25 bits per heavy atom.